The number of carbonyl (C=O) groups excluding carboxylic acids is 3. The maximum atomic E-state index is 12.6. The lowest BCUT2D eigenvalue weighted by atomic mass is 9.97. The van der Waals surface area contributed by atoms with Crippen molar-refractivity contribution in [1.82, 2.24) is 15.1 Å². The number of nitrogens with one attached hydrogen (secondary N) is 2. The quantitative estimate of drug-likeness (QED) is 0.863. The highest BCUT2D eigenvalue weighted by Gasteiger charge is 2.29. The molecule has 0 unspecified atom stereocenters. The van der Waals surface area contributed by atoms with Gasteiger partial charge in [-0.2, -0.15) is 0 Å². The Morgan fingerprint density at radius 2 is 1.96 bits per heavy atom. The molecule has 26 heavy (non-hydrogen) atoms. The summed E-state index contributed by atoms with van der Waals surface area (Å²) in [4.78, 5) is 40.0. The van der Waals surface area contributed by atoms with Gasteiger partial charge < -0.3 is 20.4 Å². The van der Waals surface area contributed by atoms with E-state index in [-0.39, 0.29) is 29.8 Å². The minimum atomic E-state index is -0.249. The van der Waals surface area contributed by atoms with Crippen molar-refractivity contribution in [2.75, 3.05) is 32.5 Å². The number of anilines is 1. The summed E-state index contributed by atoms with van der Waals surface area (Å²) in [5.41, 5.74) is 1.09. The van der Waals surface area contributed by atoms with Crippen molar-refractivity contribution in [3.63, 3.8) is 0 Å². The zero-order valence-electron chi connectivity index (χ0n) is 15.9. The van der Waals surface area contributed by atoms with Crippen molar-refractivity contribution in [2.24, 2.45) is 5.92 Å². The molecule has 1 heterocycles. The second-order valence-electron chi connectivity index (χ2n) is 7.16. The smallest absolute Gasteiger partial charge is 0.319 e. The van der Waals surface area contributed by atoms with Crippen molar-refractivity contribution < 1.29 is 14.4 Å². The average molecular weight is 360 g/mol. The number of piperidine rings is 1. The number of hydrogen-bond acceptors (Lipinski definition) is 3. The van der Waals surface area contributed by atoms with Gasteiger partial charge in [-0.25, -0.2) is 4.79 Å². The van der Waals surface area contributed by atoms with Crippen LogP contribution in [0.5, 0.6) is 0 Å². The molecule has 1 aromatic rings. The van der Waals surface area contributed by atoms with E-state index in [1.807, 2.05) is 13.8 Å². The van der Waals surface area contributed by atoms with Gasteiger partial charge in [0.15, 0.2) is 0 Å². The molecule has 142 valence electrons. The van der Waals surface area contributed by atoms with Crippen molar-refractivity contribution in [3.05, 3.63) is 29.8 Å². The minimum Gasteiger partial charge on any atom is -0.350 e. The zero-order chi connectivity index (χ0) is 19.3. The second-order valence-corrected chi connectivity index (χ2v) is 7.16. The van der Waals surface area contributed by atoms with E-state index in [0.29, 0.717) is 24.3 Å². The fourth-order valence-electron chi connectivity index (χ4n) is 2.98. The Bertz CT molecular complexity index is 673. The first-order valence-electron chi connectivity index (χ1n) is 8.96. The number of urea groups is 1. The van der Waals surface area contributed by atoms with Gasteiger partial charge >= 0.3 is 6.03 Å². The first kappa shape index (κ1) is 19.8. The summed E-state index contributed by atoms with van der Waals surface area (Å²) >= 11 is 0. The second kappa shape index (κ2) is 8.69. The van der Waals surface area contributed by atoms with Gasteiger partial charge in [-0.05, 0) is 44.9 Å². The third kappa shape index (κ3) is 5.21. The Balaban J connectivity index is 2.01. The molecular formula is C19H28N4O3. The van der Waals surface area contributed by atoms with Crippen LogP contribution in [0.2, 0.25) is 0 Å². The highest BCUT2D eigenvalue weighted by Crippen LogP contribution is 2.20. The molecular weight excluding hydrogens is 332 g/mol. The monoisotopic (exact) mass is 360 g/mol. The zero-order valence-corrected chi connectivity index (χ0v) is 15.9. The van der Waals surface area contributed by atoms with Gasteiger partial charge in [0.2, 0.25) is 5.91 Å². The van der Waals surface area contributed by atoms with E-state index >= 15 is 0 Å². The van der Waals surface area contributed by atoms with Crippen LogP contribution in [0.1, 0.15) is 37.0 Å². The highest BCUT2D eigenvalue weighted by atomic mass is 16.2. The fourth-order valence-corrected chi connectivity index (χ4v) is 2.98. The van der Waals surface area contributed by atoms with Gasteiger partial charge in [0.05, 0.1) is 5.92 Å². The molecule has 0 aliphatic carbocycles. The van der Waals surface area contributed by atoms with Crippen LogP contribution in [0.3, 0.4) is 0 Å². The van der Waals surface area contributed by atoms with Crippen molar-refractivity contribution in [1.29, 1.82) is 0 Å². The van der Waals surface area contributed by atoms with Gasteiger partial charge in [-0.15, -0.1) is 0 Å². The summed E-state index contributed by atoms with van der Waals surface area (Å²) in [5, 5.41) is 5.71. The Kier molecular flexibility index (Phi) is 6.60. The van der Waals surface area contributed by atoms with E-state index in [9.17, 15) is 14.4 Å². The molecule has 1 aromatic carbocycles. The summed E-state index contributed by atoms with van der Waals surface area (Å²) in [5.74, 6) is -0.542. The van der Waals surface area contributed by atoms with Crippen molar-refractivity contribution >= 4 is 23.5 Å². The lowest BCUT2D eigenvalue weighted by molar-refractivity contribution is -0.121. The lowest BCUT2D eigenvalue weighted by Gasteiger charge is -2.33. The number of nitrogens with zero attached hydrogens (tertiary/aromatic N) is 2. The molecule has 1 saturated heterocycles. The standard InChI is InChI=1S/C19H28N4O3/c1-13(2)20-17(24)14-7-5-9-16(11-14)21-18(25)15-8-6-10-23(12-15)19(26)22(3)4/h5,7,9,11,13,15H,6,8,10,12H2,1-4H3,(H,20,24)(H,21,25)/t15-/m1/s1. The Morgan fingerprint density at radius 3 is 2.62 bits per heavy atom. The number of rotatable bonds is 4. The highest BCUT2D eigenvalue weighted by molar-refractivity contribution is 5.98. The molecule has 1 aliphatic rings. The van der Waals surface area contributed by atoms with E-state index in [0.717, 1.165) is 12.8 Å². The van der Waals surface area contributed by atoms with Crippen LogP contribution in [0, 0.1) is 5.92 Å². The largest absolute Gasteiger partial charge is 0.350 e. The maximum Gasteiger partial charge on any atom is 0.319 e. The Morgan fingerprint density at radius 1 is 1.23 bits per heavy atom. The molecule has 2 rings (SSSR count). The number of likely N-dealkylation sites (tertiary alicyclic amines) is 1. The van der Waals surface area contributed by atoms with Gasteiger partial charge in [0, 0.05) is 44.5 Å². The summed E-state index contributed by atoms with van der Waals surface area (Å²) in [6.07, 6.45) is 1.55. The van der Waals surface area contributed by atoms with Crippen LogP contribution in [0.25, 0.3) is 0 Å². The predicted octanol–water partition coefficient (Wildman–Crippen LogP) is 2.16. The van der Waals surface area contributed by atoms with E-state index in [1.54, 1.807) is 43.3 Å². The first-order valence-corrected chi connectivity index (χ1v) is 8.96. The number of amides is 4. The van der Waals surface area contributed by atoms with Crippen LogP contribution in [-0.4, -0.2) is 60.9 Å². The molecule has 2 N–H and O–H groups in total. The molecule has 0 spiro atoms. The van der Waals surface area contributed by atoms with Gasteiger partial charge in [-0.1, -0.05) is 6.07 Å². The number of hydrogen-bond donors (Lipinski definition) is 2. The van der Waals surface area contributed by atoms with Crippen molar-refractivity contribution in [3.8, 4) is 0 Å². The molecule has 7 nitrogen and oxygen atoms in total. The summed E-state index contributed by atoms with van der Waals surface area (Å²) < 4.78 is 0. The predicted molar refractivity (Wildman–Crippen MR) is 101 cm³/mol. The topological polar surface area (TPSA) is 81.8 Å². The number of benzene rings is 1. The molecule has 0 radical (unpaired) electrons. The molecule has 1 aliphatic heterocycles. The average Bonchev–Trinajstić information content (AvgIpc) is 2.60. The van der Waals surface area contributed by atoms with Crippen LogP contribution >= 0.6 is 0 Å². The van der Waals surface area contributed by atoms with Crippen LogP contribution in [0.4, 0.5) is 10.5 Å². The summed E-state index contributed by atoms with van der Waals surface area (Å²) in [6.45, 7) is 4.88. The van der Waals surface area contributed by atoms with Crippen LogP contribution < -0.4 is 10.6 Å². The first-order chi connectivity index (χ1) is 12.3. The fraction of sp³-hybridized carbons (Fsp3) is 0.526. The van der Waals surface area contributed by atoms with Crippen molar-refractivity contribution in [2.45, 2.75) is 32.7 Å². The minimum absolute atomic E-state index is 0.0446. The molecule has 0 aromatic heterocycles. The molecule has 0 bridgehead atoms. The number of carbonyl (C=O) groups is 3. The molecule has 1 atom stereocenters. The summed E-state index contributed by atoms with van der Waals surface area (Å²) in [7, 11) is 3.42. The van der Waals surface area contributed by atoms with Crippen LogP contribution in [-0.2, 0) is 4.79 Å². The van der Waals surface area contributed by atoms with E-state index in [1.165, 1.54) is 4.90 Å². The van der Waals surface area contributed by atoms with Gasteiger partial charge in [-0.3, -0.25) is 9.59 Å². The third-order valence-corrected chi connectivity index (χ3v) is 4.26. The molecule has 4 amide bonds. The summed E-state index contributed by atoms with van der Waals surface area (Å²) in [6, 6.07) is 6.86. The van der Waals surface area contributed by atoms with Gasteiger partial charge in [0.25, 0.3) is 5.91 Å². The Labute approximate surface area is 154 Å². The van der Waals surface area contributed by atoms with E-state index in [4.69, 9.17) is 0 Å². The Hall–Kier alpha value is -2.57. The third-order valence-electron chi connectivity index (χ3n) is 4.26. The molecule has 7 heteroatoms. The normalized spacial score (nSPS) is 17.0. The van der Waals surface area contributed by atoms with E-state index in [2.05, 4.69) is 10.6 Å². The molecule has 0 saturated carbocycles. The van der Waals surface area contributed by atoms with Crippen LogP contribution in [0.15, 0.2) is 24.3 Å². The molecule has 1 fully saturated rings. The SMILES string of the molecule is CC(C)NC(=O)c1cccc(NC(=O)[C@@H]2CCCN(C(=O)N(C)C)C2)c1. The maximum absolute atomic E-state index is 12.6. The lowest BCUT2D eigenvalue weighted by Crippen LogP contribution is -2.47. The van der Waals surface area contributed by atoms with E-state index < -0.39 is 0 Å². The van der Waals surface area contributed by atoms with Gasteiger partial charge in [0.1, 0.15) is 0 Å².